The molecule has 442 valence electrons. The first-order chi connectivity index (χ1) is 36.7. The van der Waals surface area contributed by atoms with Gasteiger partial charge in [-0.05, 0) is 19.3 Å². The maximum absolute atomic E-state index is 12.5. The van der Waals surface area contributed by atoms with Gasteiger partial charge in [-0.15, -0.1) is 0 Å². The van der Waals surface area contributed by atoms with Crippen molar-refractivity contribution in [3.63, 3.8) is 0 Å². The summed E-state index contributed by atoms with van der Waals surface area (Å²) < 4.78 is 0. The molecule has 0 aromatic heterocycles. The van der Waals surface area contributed by atoms with Crippen molar-refractivity contribution in [3.8, 4) is 0 Å². The van der Waals surface area contributed by atoms with Gasteiger partial charge in [0, 0.05) is 6.42 Å². The summed E-state index contributed by atoms with van der Waals surface area (Å²) in [6.45, 7) is 4.37. The Balaban J connectivity index is 3.36. The van der Waals surface area contributed by atoms with E-state index in [0.717, 1.165) is 25.7 Å². The quantitative estimate of drug-likeness (QED) is 0.0420. The SMILES string of the molecule is CCCCCCCCCCCCCCCCCCCCCCC/C=C/C(O)C(CO)NC(=O)CCCCCCCCCCCCCCCCCCCCCCCCCCCCCCCCCCCCCCCCC. The van der Waals surface area contributed by atoms with Crippen molar-refractivity contribution in [3.05, 3.63) is 12.2 Å². The molecule has 0 bridgehead atoms. The molecule has 2 unspecified atom stereocenters. The number of unbranched alkanes of at least 4 members (excludes halogenated alkanes) is 59. The molecule has 3 N–H and O–H groups in total. The van der Waals surface area contributed by atoms with E-state index in [1.165, 1.54) is 366 Å². The van der Waals surface area contributed by atoms with E-state index in [-0.39, 0.29) is 12.5 Å². The molecule has 0 aromatic carbocycles. The molecule has 0 aromatic rings. The first kappa shape index (κ1) is 73.1. The number of allylic oxidation sites excluding steroid dienone is 1. The van der Waals surface area contributed by atoms with E-state index >= 15 is 0 Å². The molecule has 0 fully saturated rings. The van der Waals surface area contributed by atoms with Crippen LogP contribution in [0.15, 0.2) is 12.2 Å². The Labute approximate surface area is 467 Å². The average molecular weight is 1040 g/mol. The van der Waals surface area contributed by atoms with Crippen LogP contribution in [0.4, 0.5) is 0 Å². The number of aliphatic hydroxyl groups is 2. The second kappa shape index (κ2) is 66.4. The zero-order valence-electron chi connectivity index (χ0n) is 51.2. The van der Waals surface area contributed by atoms with Crippen molar-refractivity contribution in [1.29, 1.82) is 0 Å². The molecule has 0 rings (SSSR count). The molecule has 0 saturated carbocycles. The minimum atomic E-state index is -0.837. The molecular formula is C70H139NO3. The highest BCUT2D eigenvalue weighted by molar-refractivity contribution is 5.76. The van der Waals surface area contributed by atoms with Crippen LogP contribution in [0.1, 0.15) is 412 Å². The Morgan fingerprint density at radius 1 is 0.311 bits per heavy atom. The number of aliphatic hydroxyl groups excluding tert-OH is 2. The summed E-state index contributed by atoms with van der Waals surface area (Å²) in [6.07, 6.45) is 88.8. The van der Waals surface area contributed by atoms with E-state index in [2.05, 4.69) is 19.2 Å². The predicted molar refractivity (Wildman–Crippen MR) is 332 cm³/mol. The second-order valence-electron chi connectivity index (χ2n) is 24.3. The van der Waals surface area contributed by atoms with Crippen molar-refractivity contribution < 1.29 is 15.0 Å². The maximum atomic E-state index is 12.5. The third-order valence-corrected chi connectivity index (χ3v) is 16.8. The lowest BCUT2D eigenvalue weighted by Gasteiger charge is -2.20. The van der Waals surface area contributed by atoms with Crippen LogP contribution in [-0.2, 0) is 4.79 Å². The predicted octanol–water partition coefficient (Wildman–Crippen LogP) is 23.6. The molecule has 0 aliphatic heterocycles. The zero-order valence-corrected chi connectivity index (χ0v) is 51.2. The lowest BCUT2D eigenvalue weighted by Crippen LogP contribution is -2.45. The third kappa shape index (κ3) is 62.0. The van der Waals surface area contributed by atoms with E-state index in [1.54, 1.807) is 6.08 Å². The highest BCUT2D eigenvalue weighted by Gasteiger charge is 2.18. The highest BCUT2D eigenvalue weighted by atomic mass is 16.3. The molecule has 0 aliphatic carbocycles. The van der Waals surface area contributed by atoms with Gasteiger partial charge in [-0.2, -0.15) is 0 Å². The van der Waals surface area contributed by atoms with Crippen LogP contribution in [-0.4, -0.2) is 34.9 Å². The van der Waals surface area contributed by atoms with Crippen LogP contribution in [0.5, 0.6) is 0 Å². The number of rotatable bonds is 66. The van der Waals surface area contributed by atoms with Crippen molar-refractivity contribution in [2.24, 2.45) is 0 Å². The Morgan fingerprint density at radius 3 is 0.703 bits per heavy atom. The van der Waals surface area contributed by atoms with E-state index in [1.807, 2.05) is 6.08 Å². The van der Waals surface area contributed by atoms with E-state index in [0.29, 0.717) is 6.42 Å². The van der Waals surface area contributed by atoms with Gasteiger partial charge in [0.05, 0.1) is 18.8 Å². The van der Waals surface area contributed by atoms with Crippen LogP contribution < -0.4 is 5.32 Å². The molecule has 74 heavy (non-hydrogen) atoms. The fourth-order valence-corrected chi connectivity index (χ4v) is 11.5. The topological polar surface area (TPSA) is 69.6 Å². The average Bonchev–Trinajstić information content (AvgIpc) is 3.40. The summed E-state index contributed by atoms with van der Waals surface area (Å²) in [5, 5.41) is 23.3. The summed E-state index contributed by atoms with van der Waals surface area (Å²) >= 11 is 0. The van der Waals surface area contributed by atoms with E-state index < -0.39 is 12.1 Å². The number of carbonyl (C=O) groups is 1. The molecule has 0 heterocycles. The standard InChI is InChI=1S/C70H139NO3/c1-3-5-7-9-11-13-15-17-19-21-23-25-27-28-29-30-31-32-33-34-35-36-37-38-39-40-41-42-44-46-48-50-52-54-56-58-60-62-64-66-70(74)71-68(67-72)69(73)65-63-61-59-57-55-53-51-49-47-45-43-26-24-22-20-18-16-14-12-10-8-6-4-2/h63,65,68-69,72-73H,3-62,64,66-67H2,1-2H3,(H,71,74)/b65-63+. The molecule has 4 nitrogen and oxygen atoms in total. The Bertz CT molecular complexity index is 1040. The molecular weight excluding hydrogens is 903 g/mol. The number of carbonyl (C=O) groups excluding carboxylic acids is 1. The molecule has 0 aliphatic rings. The van der Waals surface area contributed by atoms with E-state index in [9.17, 15) is 15.0 Å². The van der Waals surface area contributed by atoms with Gasteiger partial charge in [-0.3, -0.25) is 4.79 Å². The van der Waals surface area contributed by atoms with Gasteiger partial charge in [0.25, 0.3) is 0 Å². The molecule has 0 radical (unpaired) electrons. The number of hydrogen-bond acceptors (Lipinski definition) is 3. The van der Waals surface area contributed by atoms with Gasteiger partial charge in [-0.25, -0.2) is 0 Å². The van der Waals surface area contributed by atoms with E-state index in [4.69, 9.17) is 0 Å². The minimum Gasteiger partial charge on any atom is -0.394 e. The maximum Gasteiger partial charge on any atom is 0.220 e. The lowest BCUT2D eigenvalue weighted by atomic mass is 10.0. The lowest BCUT2D eigenvalue weighted by molar-refractivity contribution is -0.123. The number of amides is 1. The van der Waals surface area contributed by atoms with Gasteiger partial charge < -0.3 is 15.5 Å². The molecule has 0 saturated heterocycles. The molecule has 1 amide bonds. The van der Waals surface area contributed by atoms with Gasteiger partial charge in [-0.1, -0.05) is 398 Å². The Hall–Kier alpha value is -0.870. The van der Waals surface area contributed by atoms with Crippen LogP contribution in [0.2, 0.25) is 0 Å². The van der Waals surface area contributed by atoms with Crippen LogP contribution in [0.25, 0.3) is 0 Å². The summed E-state index contributed by atoms with van der Waals surface area (Å²) in [7, 11) is 0. The fourth-order valence-electron chi connectivity index (χ4n) is 11.5. The van der Waals surface area contributed by atoms with Crippen LogP contribution in [0.3, 0.4) is 0 Å². The molecule has 4 heteroatoms. The van der Waals surface area contributed by atoms with Crippen LogP contribution in [0, 0.1) is 0 Å². The number of hydrogen-bond donors (Lipinski definition) is 3. The normalized spacial score (nSPS) is 12.6. The number of nitrogens with one attached hydrogen (secondary N) is 1. The summed E-state index contributed by atoms with van der Waals surface area (Å²) in [4.78, 5) is 12.5. The van der Waals surface area contributed by atoms with Crippen LogP contribution >= 0.6 is 0 Å². The van der Waals surface area contributed by atoms with Gasteiger partial charge >= 0.3 is 0 Å². The van der Waals surface area contributed by atoms with Crippen molar-refractivity contribution in [2.75, 3.05) is 6.61 Å². The van der Waals surface area contributed by atoms with Crippen molar-refractivity contribution in [1.82, 2.24) is 5.32 Å². The fraction of sp³-hybridized carbons (Fsp3) is 0.957. The summed E-state index contributed by atoms with van der Waals surface area (Å²) in [6, 6.07) is -0.619. The smallest absolute Gasteiger partial charge is 0.220 e. The largest absolute Gasteiger partial charge is 0.394 e. The summed E-state index contributed by atoms with van der Waals surface area (Å²) in [5.74, 6) is -0.0533. The Morgan fingerprint density at radius 2 is 0.500 bits per heavy atom. The highest BCUT2D eigenvalue weighted by Crippen LogP contribution is 2.20. The Kier molecular flexibility index (Phi) is 65.6. The van der Waals surface area contributed by atoms with Gasteiger partial charge in [0.1, 0.15) is 0 Å². The third-order valence-electron chi connectivity index (χ3n) is 16.8. The van der Waals surface area contributed by atoms with Crippen molar-refractivity contribution >= 4 is 5.91 Å². The minimum absolute atomic E-state index is 0.0533. The van der Waals surface area contributed by atoms with Gasteiger partial charge in [0.2, 0.25) is 5.91 Å². The van der Waals surface area contributed by atoms with Gasteiger partial charge in [0.15, 0.2) is 0 Å². The summed E-state index contributed by atoms with van der Waals surface area (Å²) in [5.41, 5.74) is 0. The first-order valence-corrected chi connectivity index (χ1v) is 34.9. The molecule has 2 atom stereocenters. The van der Waals surface area contributed by atoms with Crippen molar-refractivity contribution in [2.45, 2.75) is 424 Å². The monoisotopic (exact) mass is 1040 g/mol. The second-order valence-corrected chi connectivity index (χ2v) is 24.3. The first-order valence-electron chi connectivity index (χ1n) is 34.9. The zero-order chi connectivity index (χ0) is 53.4. The molecule has 0 spiro atoms.